The SMILES string of the molecule is CC1(C)CCCCC1NC(=O)c1ccc([N+](=O)[O-])c(N)c1. The van der Waals surface area contributed by atoms with E-state index in [1.807, 2.05) is 0 Å². The van der Waals surface area contributed by atoms with E-state index in [-0.39, 0.29) is 28.7 Å². The number of nitrogens with one attached hydrogen (secondary N) is 1. The molecule has 0 heterocycles. The van der Waals surface area contributed by atoms with Crippen molar-refractivity contribution in [3.8, 4) is 0 Å². The van der Waals surface area contributed by atoms with Crippen molar-refractivity contribution in [2.45, 2.75) is 45.6 Å². The Morgan fingerprint density at radius 1 is 1.43 bits per heavy atom. The largest absolute Gasteiger partial charge is 0.393 e. The number of nitrogen functional groups attached to an aromatic ring is 1. The van der Waals surface area contributed by atoms with E-state index in [1.165, 1.54) is 24.6 Å². The first-order chi connectivity index (χ1) is 9.81. The summed E-state index contributed by atoms with van der Waals surface area (Å²) >= 11 is 0. The van der Waals surface area contributed by atoms with Crippen LogP contribution in [0.5, 0.6) is 0 Å². The zero-order chi connectivity index (χ0) is 15.6. The molecule has 6 nitrogen and oxygen atoms in total. The number of carbonyl (C=O) groups is 1. The monoisotopic (exact) mass is 291 g/mol. The van der Waals surface area contributed by atoms with E-state index in [1.54, 1.807) is 0 Å². The zero-order valence-corrected chi connectivity index (χ0v) is 12.4. The summed E-state index contributed by atoms with van der Waals surface area (Å²) in [5, 5.41) is 13.8. The lowest BCUT2D eigenvalue weighted by atomic mass is 9.73. The Bertz CT molecular complexity index is 569. The molecule has 0 aliphatic heterocycles. The third-order valence-corrected chi connectivity index (χ3v) is 4.30. The smallest absolute Gasteiger partial charge is 0.292 e. The van der Waals surface area contributed by atoms with Crippen molar-refractivity contribution in [3.63, 3.8) is 0 Å². The Labute approximate surface area is 123 Å². The fourth-order valence-corrected chi connectivity index (χ4v) is 2.87. The number of nitrogens with zero attached hydrogens (tertiary/aromatic N) is 1. The molecule has 1 aliphatic carbocycles. The molecule has 1 aliphatic rings. The van der Waals surface area contributed by atoms with Gasteiger partial charge in [-0.05, 0) is 30.4 Å². The van der Waals surface area contributed by atoms with Crippen LogP contribution in [0.3, 0.4) is 0 Å². The first kappa shape index (κ1) is 15.3. The molecule has 1 saturated carbocycles. The van der Waals surface area contributed by atoms with Crippen LogP contribution < -0.4 is 11.1 Å². The number of hydrogen-bond donors (Lipinski definition) is 2. The number of amides is 1. The van der Waals surface area contributed by atoms with Crippen LogP contribution in [-0.4, -0.2) is 16.9 Å². The molecule has 1 fully saturated rings. The number of rotatable bonds is 3. The molecule has 0 radical (unpaired) electrons. The third kappa shape index (κ3) is 3.32. The van der Waals surface area contributed by atoms with Gasteiger partial charge >= 0.3 is 0 Å². The highest BCUT2D eigenvalue weighted by molar-refractivity contribution is 5.96. The third-order valence-electron chi connectivity index (χ3n) is 4.30. The Morgan fingerprint density at radius 2 is 2.14 bits per heavy atom. The van der Waals surface area contributed by atoms with E-state index >= 15 is 0 Å². The molecule has 114 valence electrons. The quantitative estimate of drug-likeness (QED) is 0.508. The molecule has 0 spiro atoms. The average Bonchev–Trinajstić information content (AvgIpc) is 2.40. The molecule has 2 rings (SSSR count). The number of anilines is 1. The minimum atomic E-state index is -0.554. The van der Waals surface area contributed by atoms with Gasteiger partial charge in [0.2, 0.25) is 0 Å². The van der Waals surface area contributed by atoms with Gasteiger partial charge in [0, 0.05) is 17.7 Å². The highest BCUT2D eigenvalue weighted by atomic mass is 16.6. The number of nitro benzene ring substituents is 1. The molecule has 1 aromatic rings. The van der Waals surface area contributed by atoms with E-state index in [9.17, 15) is 14.9 Å². The number of nitro groups is 1. The van der Waals surface area contributed by atoms with E-state index in [2.05, 4.69) is 19.2 Å². The number of benzene rings is 1. The summed E-state index contributed by atoms with van der Waals surface area (Å²) in [5.74, 6) is -0.225. The first-order valence-corrected chi connectivity index (χ1v) is 7.16. The molecule has 1 atom stereocenters. The van der Waals surface area contributed by atoms with Crippen molar-refractivity contribution < 1.29 is 9.72 Å². The summed E-state index contributed by atoms with van der Waals surface area (Å²) in [6.45, 7) is 4.31. The van der Waals surface area contributed by atoms with Crippen LogP contribution in [0, 0.1) is 15.5 Å². The Morgan fingerprint density at radius 3 is 2.71 bits per heavy atom. The summed E-state index contributed by atoms with van der Waals surface area (Å²) in [6, 6.07) is 4.20. The van der Waals surface area contributed by atoms with Gasteiger partial charge in [-0.3, -0.25) is 14.9 Å². The fraction of sp³-hybridized carbons (Fsp3) is 0.533. The van der Waals surface area contributed by atoms with Gasteiger partial charge in [-0.1, -0.05) is 26.7 Å². The fourth-order valence-electron chi connectivity index (χ4n) is 2.87. The summed E-state index contributed by atoms with van der Waals surface area (Å²) in [6.07, 6.45) is 4.34. The van der Waals surface area contributed by atoms with Crippen LogP contribution in [0.15, 0.2) is 18.2 Å². The molecule has 21 heavy (non-hydrogen) atoms. The lowest BCUT2D eigenvalue weighted by Gasteiger charge is -2.39. The van der Waals surface area contributed by atoms with Gasteiger partial charge in [0.25, 0.3) is 11.6 Å². The maximum absolute atomic E-state index is 12.3. The van der Waals surface area contributed by atoms with Gasteiger partial charge in [0.1, 0.15) is 5.69 Å². The average molecular weight is 291 g/mol. The Balaban J connectivity index is 2.13. The molecule has 0 saturated heterocycles. The zero-order valence-electron chi connectivity index (χ0n) is 12.4. The maximum Gasteiger partial charge on any atom is 0.292 e. The van der Waals surface area contributed by atoms with Crippen molar-refractivity contribution >= 4 is 17.3 Å². The normalized spacial score (nSPS) is 20.8. The summed E-state index contributed by atoms with van der Waals surface area (Å²) in [7, 11) is 0. The number of hydrogen-bond acceptors (Lipinski definition) is 4. The Hall–Kier alpha value is -2.11. The highest BCUT2D eigenvalue weighted by Crippen LogP contribution is 2.35. The van der Waals surface area contributed by atoms with Crippen LogP contribution in [0.2, 0.25) is 0 Å². The van der Waals surface area contributed by atoms with Crippen molar-refractivity contribution in [2.75, 3.05) is 5.73 Å². The van der Waals surface area contributed by atoms with Crippen LogP contribution in [0.25, 0.3) is 0 Å². The lowest BCUT2D eigenvalue weighted by molar-refractivity contribution is -0.383. The lowest BCUT2D eigenvalue weighted by Crippen LogP contribution is -2.46. The minimum absolute atomic E-state index is 0.00977. The van der Waals surface area contributed by atoms with Crippen LogP contribution in [0.4, 0.5) is 11.4 Å². The summed E-state index contributed by atoms with van der Waals surface area (Å²) < 4.78 is 0. The predicted octanol–water partition coefficient (Wildman–Crippen LogP) is 2.88. The Kier molecular flexibility index (Phi) is 4.16. The van der Waals surface area contributed by atoms with Crippen molar-refractivity contribution in [3.05, 3.63) is 33.9 Å². The standard InChI is InChI=1S/C15H21N3O3/c1-15(2)8-4-3-5-13(15)17-14(19)10-6-7-12(18(20)21)11(16)9-10/h6-7,9,13H,3-5,8,16H2,1-2H3,(H,17,19). The van der Waals surface area contributed by atoms with Crippen molar-refractivity contribution in [1.82, 2.24) is 5.32 Å². The first-order valence-electron chi connectivity index (χ1n) is 7.16. The molecule has 1 amide bonds. The molecular weight excluding hydrogens is 270 g/mol. The molecule has 1 unspecified atom stereocenters. The number of carbonyl (C=O) groups excluding carboxylic acids is 1. The molecule has 0 aromatic heterocycles. The second-order valence-corrected chi connectivity index (χ2v) is 6.29. The van der Waals surface area contributed by atoms with Gasteiger partial charge in [0.05, 0.1) is 4.92 Å². The highest BCUT2D eigenvalue weighted by Gasteiger charge is 2.33. The van der Waals surface area contributed by atoms with E-state index in [0.29, 0.717) is 5.56 Å². The molecule has 6 heteroatoms. The van der Waals surface area contributed by atoms with Crippen LogP contribution >= 0.6 is 0 Å². The van der Waals surface area contributed by atoms with E-state index in [0.717, 1.165) is 19.3 Å². The van der Waals surface area contributed by atoms with Crippen LogP contribution in [-0.2, 0) is 0 Å². The second-order valence-electron chi connectivity index (χ2n) is 6.29. The van der Waals surface area contributed by atoms with Gasteiger partial charge in [-0.25, -0.2) is 0 Å². The van der Waals surface area contributed by atoms with E-state index < -0.39 is 4.92 Å². The van der Waals surface area contributed by atoms with Gasteiger partial charge < -0.3 is 11.1 Å². The predicted molar refractivity (Wildman–Crippen MR) is 81.0 cm³/mol. The van der Waals surface area contributed by atoms with Gasteiger partial charge in [0.15, 0.2) is 0 Å². The number of nitrogens with two attached hydrogens (primary N) is 1. The van der Waals surface area contributed by atoms with E-state index in [4.69, 9.17) is 5.73 Å². The molecular formula is C15H21N3O3. The topological polar surface area (TPSA) is 98.3 Å². The van der Waals surface area contributed by atoms with Crippen LogP contribution in [0.1, 0.15) is 49.9 Å². The van der Waals surface area contributed by atoms with Gasteiger partial charge in [-0.15, -0.1) is 0 Å². The van der Waals surface area contributed by atoms with Crippen molar-refractivity contribution in [1.29, 1.82) is 0 Å². The molecule has 0 bridgehead atoms. The summed E-state index contributed by atoms with van der Waals surface area (Å²) in [5.41, 5.74) is 5.89. The summed E-state index contributed by atoms with van der Waals surface area (Å²) in [4.78, 5) is 22.5. The second kappa shape index (κ2) is 5.71. The van der Waals surface area contributed by atoms with Crippen molar-refractivity contribution in [2.24, 2.45) is 5.41 Å². The molecule has 1 aromatic carbocycles. The maximum atomic E-state index is 12.3. The van der Waals surface area contributed by atoms with Gasteiger partial charge in [-0.2, -0.15) is 0 Å². The minimum Gasteiger partial charge on any atom is -0.393 e. The molecule has 3 N–H and O–H groups in total.